The van der Waals surface area contributed by atoms with E-state index in [9.17, 15) is 0 Å². The van der Waals surface area contributed by atoms with Crippen LogP contribution < -0.4 is 19.5 Å². The van der Waals surface area contributed by atoms with E-state index in [-0.39, 0.29) is 6.04 Å². The molecule has 124 valence electrons. The quantitative estimate of drug-likeness (QED) is 0.777. The summed E-state index contributed by atoms with van der Waals surface area (Å²) < 4.78 is 17.2. The molecule has 0 bridgehead atoms. The average Bonchev–Trinajstić information content (AvgIpc) is 2.58. The van der Waals surface area contributed by atoms with Gasteiger partial charge in [-0.3, -0.25) is 0 Å². The minimum atomic E-state index is 0.213. The fraction of sp³-hybridized carbons (Fsp3) is 0.333. The van der Waals surface area contributed by atoms with Crippen LogP contribution in [0.25, 0.3) is 0 Å². The van der Waals surface area contributed by atoms with Gasteiger partial charge in [-0.25, -0.2) is 0 Å². The van der Waals surface area contributed by atoms with Crippen molar-refractivity contribution in [1.82, 2.24) is 5.32 Å². The average molecular weight is 380 g/mol. The molecule has 5 heteroatoms. The maximum atomic E-state index is 5.46. The Hall–Kier alpha value is -1.72. The highest BCUT2D eigenvalue weighted by molar-refractivity contribution is 9.10. The van der Waals surface area contributed by atoms with Crippen molar-refractivity contribution in [3.05, 3.63) is 52.0 Å². The smallest absolute Gasteiger partial charge is 0.164 e. The predicted octanol–water partition coefficient (Wildman–Crippen LogP) is 4.33. The van der Waals surface area contributed by atoms with Gasteiger partial charge in [0.2, 0.25) is 0 Å². The predicted molar refractivity (Wildman–Crippen MR) is 95.5 cm³/mol. The van der Waals surface area contributed by atoms with Gasteiger partial charge in [0.25, 0.3) is 0 Å². The van der Waals surface area contributed by atoms with Crippen molar-refractivity contribution < 1.29 is 14.2 Å². The lowest BCUT2D eigenvalue weighted by atomic mass is 10.1. The molecule has 1 N–H and O–H groups in total. The first-order valence-electron chi connectivity index (χ1n) is 7.36. The van der Waals surface area contributed by atoms with Crippen LogP contribution in [0.1, 0.15) is 24.1 Å². The second-order valence-electron chi connectivity index (χ2n) is 5.18. The molecule has 1 atom stereocenters. The molecule has 2 rings (SSSR count). The third kappa shape index (κ3) is 4.39. The molecule has 0 fully saturated rings. The van der Waals surface area contributed by atoms with Crippen LogP contribution in [0.2, 0.25) is 0 Å². The van der Waals surface area contributed by atoms with Crippen LogP contribution in [0.15, 0.2) is 40.9 Å². The summed E-state index contributed by atoms with van der Waals surface area (Å²) in [6.07, 6.45) is 0. The largest absolute Gasteiger partial charge is 0.496 e. The first-order chi connectivity index (χ1) is 11.1. The molecule has 0 heterocycles. The van der Waals surface area contributed by atoms with Crippen molar-refractivity contribution in [1.29, 1.82) is 0 Å². The van der Waals surface area contributed by atoms with Crippen molar-refractivity contribution in [3.63, 3.8) is 0 Å². The number of methoxy groups -OCH3 is 3. The standard InChI is InChI=1S/C18H22BrNO3/c1-12(13-6-5-7-15(19)8-13)20-11-14-9-17(22-3)18(23-4)10-16(14)21-2/h5-10,12,20H,11H2,1-4H3/t12-/m0/s1. The molecule has 0 radical (unpaired) electrons. The number of benzene rings is 2. The van der Waals surface area contributed by atoms with E-state index in [2.05, 4.69) is 40.3 Å². The van der Waals surface area contributed by atoms with E-state index in [1.54, 1.807) is 21.3 Å². The molecule has 0 aromatic heterocycles. The van der Waals surface area contributed by atoms with Crippen molar-refractivity contribution >= 4 is 15.9 Å². The Bertz CT molecular complexity index is 661. The van der Waals surface area contributed by atoms with E-state index < -0.39 is 0 Å². The van der Waals surface area contributed by atoms with Crippen LogP contribution in [0.3, 0.4) is 0 Å². The zero-order valence-corrected chi connectivity index (χ0v) is 15.4. The summed E-state index contributed by atoms with van der Waals surface area (Å²) >= 11 is 3.51. The number of hydrogen-bond acceptors (Lipinski definition) is 4. The lowest BCUT2D eigenvalue weighted by Gasteiger charge is -2.18. The summed E-state index contributed by atoms with van der Waals surface area (Å²) in [6, 6.07) is 12.3. The summed E-state index contributed by atoms with van der Waals surface area (Å²) in [5.74, 6) is 2.13. The van der Waals surface area contributed by atoms with Gasteiger partial charge >= 0.3 is 0 Å². The van der Waals surface area contributed by atoms with Crippen LogP contribution in [-0.4, -0.2) is 21.3 Å². The number of ether oxygens (including phenoxy) is 3. The summed E-state index contributed by atoms with van der Waals surface area (Å²) in [5, 5.41) is 3.51. The maximum absolute atomic E-state index is 5.46. The van der Waals surface area contributed by atoms with Gasteiger partial charge in [-0.05, 0) is 30.7 Å². The van der Waals surface area contributed by atoms with Crippen molar-refractivity contribution in [2.75, 3.05) is 21.3 Å². The highest BCUT2D eigenvalue weighted by Gasteiger charge is 2.13. The molecule has 2 aromatic carbocycles. The summed E-state index contributed by atoms with van der Waals surface area (Å²) in [5.41, 5.74) is 2.24. The molecular formula is C18H22BrNO3. The van der Waals surface area contributed by atoms with Crippen molar-refractivity contribution in [3.8, 4) is 17.2 Å². The molecule has 0 unspecified atom stereocenters. The van der Waals surface area contributed by atoms with Gasteiger partial charge in [-0.15, -0.1) is 0 Å². The molecule has 2 aromatic rings. The monoisotopic (exact) mass is 379 g/mol. The maximum Gasteiger partial charge on any atom is 0.164 e. The van der Waals surface area contributed by atoms with E-state index >= 15 is 0 Å². The molecule has 4 nitrogen and oxygen atoms in total. The topological polar surface area (TPSA) is 39.7 Å². The fourth-order valence-electron chi connectivity index (χ4n) is 2.39. The van der Waals surface area contributed by atoms with Gasteiger partial charge in [0.1, 0.15) is 5.75 Å². The molecule has 0 saturated heterocycles. The molecule has 0 saturated carbocycles. The Morgan fingerprint density at radius 2 is 1.61 bits per heavy atom. The van der Waals surface area contributed by atoms with Gasteiger partial charge in [0, 0.05) is 28.7 Å². The Morgan fingerprint density at radius 1 is 0.957 bits per heavy atom. The zero-order valence-electron chi connectivity index (χ0n) is 13.9. The van der Waals surface area contributed by atoms with Gasteiger partial charge in [0.05, 0.1) is 21.3 Å². The fourth-order valence-corrected chi connectivity index (χ4v) is 2.80. The Kier molecular flexibility index (Phi) is 6.30. The molecule has 0 amide bonds. The minimum Gasteiger partial charge on any atom is -0.496 e. The molecular weight excluding hydrogens is 358 g/mol. The van der Waals surface area contributed by atoms with Crippen LogP contribution >= 0.6 is 15.9 Å². The second kappa shape index (κ2) is 8.22. The van der Waals surface area contributed by atoms with Gasteiger partial charge in [-0.2, -0.15) is 0 Å². The van der Waals surface area contributed by atoms with E-state index in [4.69, 9.17) is 14.2 Å². The summed E-state index contributed by atoms with van der Waals surface area (Å²) in [4.78, 5) is 0. The Balaban J connectivity index is 2.16. The molecule has 0 aliphatic heterocycles. The molecule has 0 aliphatic carbocycles. The van der Waals surface area contributed by atoms with Crippen LogP contribution in [-0.2, 0) is 6.54 Å². The van der Waals surface area contributed by atoms with Gasteiger partial charge in [-0.1, -0.05) is 28.1 Å². The molecule has 23 heavy (non-hydrogen) atoms. The lowest BCUT2D eigenvalue weighted by molar-refractivity contribution is 0.346. The zero-order chi connectivity index (χ0) is 16.8. The van der Waals surface area contributed by atoms with Crippen LogP contribution in [0, 0.1) is 0 Å². The van der Waals surface area contributed by atoms with E-state index in [0.29, 0.717) is 18.0 Å². The second-order valence-corrected chi connectivity index (χ2v) is 6.09. The van der Waals surface area contributed by atoms with Gasteiger partial charge < -0.3 is 19.5 Å². The van der Waals surface area contributed by atoms with E-state index in [1.807, 2.05) is 24.3 Å². The first-order valence-corrected chi connectivity index (χ1v) is 8.16. The Labute approximate surface area is 145 Å². The van der Waals surface area contributed by atoms with Crippen molar-refractivity contribution in [2.45, 2.75) is 19.5 Å². The highest BCUT2D eigenvalue weighted by Crippen LogP contribution is 2.34. The number of hydrogen-bond donors (Lipinski definition) is 1. The normalized spacial score (nSPS) is 11.9. The third-order valence-electron chi connectivity index (χ3n) is 3.73. The lowest BCUT2D eigenvalue weighted by Crippen LogP contribution is -2.18. The van der Waals surface area contributed by atoms with Crippen LogP contribution in [0.5, 0.6) is 17.2 Å². The van der Waals surface area contributed by atoms with Crippen molar-refractivity contribution in [2.24, 2.45) is 0 Å². The molecule has 0 spiro atoms. The number of rotatable bonds is 7. The molecule has 0 aliphatic rings. The van der Waals surface area contributed by atoms with E-state index in [1.165, 1.54) is 5.56 Å². The number of halogens is 1. The highest BCUT2D eigenvalue weighted by atomic mass is 79.9. The van der Waals surface area contributed by atoms with Gasteiger partial charge in [0.15, 0.2) is 11.5 Å². The Morgan fingerprint density at radius 3 is 2.22 bits per heavy atom. The first kappa shape index (κ1) is 17.6. The van der Waals surface area contributed by atoms with E-state index in [0.717, 1.165) is 15.8 Å². The van der Waals surface area contributed by atoms with Crippen LogP contribution in [0.4, 0.5) is 0 Å². The minimum absolute atomic E-state index is 0.213. The summed E-state index contributed by atoms with van der Waals surface area (Å²) in [7, 11) is 4.90. The number of nitrogens with one attached hydrogen (secondary N) is 1. The SMILES string of the molecule is COc1cc(OC)c(OC)cc1CN[C@@H](C)c1cccc(Br)c1. The summed E-state index contributed by atoms with van der Waals surface area (Å²) in [6.45, 7) is 2.80. The third-order valence-corrected chi connectivity index (χ3v) is 4.23.